The molecule has 2 saturated heterocycles. The molecule has 344 valence electrons. The Kier molecular flexibility index (Phi) is 16.4. The summed E-state index contributed by atoms with van der Waals surface area (Å²) in [6, 6.07) is 17.0. The highest BCUT2D eigenvalue weighted by molar-refractivity contribution is 7.13. The maximum atomic E-state index is 14.1. The summed E-state index contributed by atoms with van der Waals surface area (Å²) in [7, 11) is 0. The summed E-state index contributed by atoms with van der Waals surface area (Å²) >= 11 is 1.69. The van der Waals surface area contributed by atoms with Crippen LogP contribution in [0.3, 0.4) is 0 Å². The average molecular weight is 895 g/mol. The molecule has 0 bridgehead atoms. The largest absolute Gasteiger partial charge is 0.507 e. The molecule has 2 aliphatic heterocycles. The molecule has 4 heterocycles. The molecule has 0 radical (unpaired) electrons. The van der Waals surface area contributed by atoms with Gasteiger partial charge in [0.25, 0.3) is 0 Å². The molecule has 2 aromatic heterocycles. The number of aliphatic hydroxyl groups is 1. The Bertz CT molecular complexity index is 2220. The monoisotopic (exact) mass is 894 g/mol. The van der Waals surface area contributed by atoms with E-state index in [-0.39, 0.29) is 48.4 Å². The lowest BCUT2D eigenvalue weighted by molar-refractivity contribution is -0.144. The van der Waals surface area contributed by atoms with Gasteiger partial charge in [-0.3, -0.25) is 19.2 Å². The molecule has 2 fully saturated rings. The molecule has 64 heavy (non-hydrogen) atoms. The highest BCUT2D eigenvalue weighted by Gasteiger charge is 2.44. The van der Waals surface area contributed by atoms with Crippen LogP contribution >= 0.6 is 11.3 Å². The van der Waals surface area contributed by atoms with E-state index in [1.165, 1.54) is 15.3 Å². The van der Waals surface area contributed by atoms with Crippen LogP contribution in [0, 0.1) is 12.3 Å². The second kappa shape index (κ2) is 21.9. The van der Waals surface area contributed by atoms with Crippen molar-refractivity contribution in [2.75, 3.05) is 43.4 Å². The van der Waals surface area contributed by atoms with Gasteiger partial charge in [0, 0.05) is 62.4 Å². The molecular formula is C49H66N8O6S. The van der Waals surface area contributed by atoms with Crippen LogP contribution in [0.4, 0.5) is 11.5 Å². The summed E-state index contributed by atoms with van der Waals surface area (Å²) in [6.45, 7) is 12.1. The number of carbonyl (C=O) groups is 4. The number of nitrogens with zero attached hydrogens (tertiary/aromatic N) is 5. The normalized spacial score (nSPS) is 17.6. The molecule has 4 aromatic rings. The van der Waals surface area contributed by atoms with Crippen LogP contribution in [0.5, 0.6) is 5.75 Å². The number of hydrogen-bond donors (Lipinski definition) is 5. The van der Waals surface area contributed by atoms with Crippen molar-refractivity contribution in [1.29, 1.82) is 0 Å². The van der Waals surface area contributed by atoms with Gasteiger partial charge in [-0.05, 0) is 78.4 Å². The Morgan fingerprint density at radius 1 is 0.875 bits per heavy atom. The number of piperazine rings is 1. The Balaban J connectivity index is 0.866. The number of benzene rings is 2. The first kappa shape index (κ1) is 47.9. The number of phenols is 1. The number of β-amino-alcohol motifs (C(OH)–C–C–N with tert-alkyl or cyclic N) is 1. The molecule has 2 aromatic carbocycles. The molecule has 4 amide bonds. The number of rotatable bonds is 18. The molecule has 15 heteroatoms. The summed E-state index contributed by atoms with van der Waals surface area (Å²) < 4.78 is 0. The van der Waals surface area contributed by atoms with Crippen molar-refractivity contribution in [1.82, 2.24) is 30.6 Å². The number of para-hydroxylation sites is 1. The van der Waals surface area contributed by atoms with E-state index in [1.54, 1.807) is 29.5 Å². The standard InChI is InChI=1S/C49H66N8O6S/c1-32-23-28-64-44(32)35-21-19-34(20-22-35)33(2)51-47(62)40-29-36(58)31-57(40)48(63)45(49(3,4)5)52-42(60)17-11-9-7-6-8-10-12-18-43(61)56-26-24-55(25-27-56)39-30-38(53-54-46(39)50)37-15-13-14-16-41(37)59/h13-16,19-23,28,30,33,36,40,45,58-59H,6-12,17-18,24-27,29,31H2,1-5H3,(H2,50,54)(H,51,62)(H,52,60)/t33-,36+,40-,45+/m0/s1. The van der Waals surface area contributed by atoms with Gasteiger partial charge in [0.05, 0.1) is 23.5 Å². The number of phenolic OH excluding ortho intramolecular Hbond substituents is 1. The first-order valence-electron chi connectivity index (χ1n) is 22.8. The zero-order valence-corrected chi connectivity index (χ0v) is 38.8. The molecule has 2 aliphatic rings. The predicted octanol–water partition coefficient (Wildman–Crippen LogP) is 7.00. The van der Waals surface area contributed by atoms with Gasteiger partial charge in [-0.15, -0.1) is 21.5 Å². The number of amides is 4. The van der Waals surface area contributed by atoms with Crippen LogP contribution in [-0.2, 0) is 19.2 Å². The fourth-order valence-corrected chi connectivity index (χ4v) is 9.54. The fourth-order valence-electron chi connectivity index (χ4n) is 8.61. The van der Waals surface area contributed by atoms with Crippen molar-refractivity contribution < 1.29 is 29.4 Å². The zero-order chi connectivity index (χ0) is 46.0. The number of nitrogens with one attached hydrogen (secondary N) is 2. The molecular weight excluding hydrogens is 829 g/mol. The van der Waals surface area contributed by atoms with Gasteiger partial charge in [-0.1, -0.05) is 89.3 Å². The third kappa shape index (κ3) is 12.4. The minimum Gasteiger partial charge on any atom is -0.507 e. The van der Waals surface area contributed by atoms with Crippen LogP contribution in [0.1, 0.15) is 109 Å². The molecule has 0 unspecified atom stereocenters. The molecule has 14 nitrogen and oxygen atoms in total. The van der Waals surface area contributed by atoms with Crippen molar-refractivity contribution in [3.8, 4) is 27.4 Å². The van der Waals surface area contributed by atoms with Gasteiger partial charge in [0.1, 0.15) is 17.8 Å². The van der Waals surface area contributed by atoms with Crippen LogP contribution < -0.4 is 21.3 Å². The minimum atomic E-state index is -0.861. The third-order valence-electron chi connectivity index (χ3n) is 12.4. The van der Waals surface area contributed by atoms with E-state index in [4.69, 9.17) is 5.73 Å². The Morgan fingerprint density at radius 3 is 2.17 bits per heavy atom. The number of carbonyl (C=O) groups excluding carboxylic acids is 4. The summed E-state index contributed by atoms with van der Waals surface area (Å²) in [5.74, 6) is -0.310. The van der Waals surface area contributed by atoms with Crippen LogP contribution in [-0.4, -0.2) is 105 Å². The number of thiophene rings is 1. The van der Waals surface area contributed by atoms with Crippen molar-refractivity contribution in [3.63, 3.8) is 0 Å². The maximum absolute atomic E-state index is 14.1. The van der Waals surface area contributed by atoms with Gasteiger partial charge in [-0.25, -0.2) is 0 Å². The lowest BCUT2D eigenvalue weighted by atomic mass is 9.85. The number of nitrogen functional groups attached to an aromatic ring is 1. The lowest BCUT2D eigenvalue weighted by Gasteiger charge is -2.36. The molecule has 6 N–H and O–H groups in total. The zero-order valence-electron chi connectivity index (χ0n) is 38.0. The summed E-state index contributed by atoms with van der Waals surface area (Å²) in [4.78, 5) is 60.6. The minimum absolute atomic E-state index is 0.0270. The molecule has 0 saturated carbocycles. The Morgan fingerprint density at radius 2 is 1.53 bits per heavy atom. The quantitative estimate of drug-likeness (QED) is 0.0650. The van der Waals surface area contributed by atoms with Crippen molar-refractivity contribution in [2.24, 2.45) is 5.41 Å². The summed E-state index contributed by atoms with van der Waals surface area (Å²) in [5.41, 5.74) is 10.7. The topological polar surface area (TPSA) is 194 Å². The number of aromatic hydroxyl groups is 1. The van der Waals surface area contributed by atoms with Gasteiger partial charge >= 0.3 is 0 Å². The molecule has 0 spiro atoms. The van der Waals surface area contributed by atoms with Gasteiger partial charge in [-0.2, -0.15) is 0 Å². The fraction of sp³-hybridized carbons (Fsp3) is 0.510. The third-order valence-corrected chi connectivity index (χ3v) is 13.5. The number of likely N-dealkylation sites (tertiary alicyclic amines) is 1. The summed E-state index contributed by atoms with van der Waals surface area (Å²) in [5, 5.41) is 37.3. The van der Waals surface area contributed by atoms with Gasteiger partial charge in [0.2, 0.25) is 23.6 Å². The van der Waals surface area contributed by atoms with Crippen LogP contribution in [0.15, 0.2) is 66.0 Å². The van der Waals surface area contributed by atoms with E-state index in [2.05, 4.69) is 56.2 Å². The number of unbranched alkanes of at least 4 members (excludes halogenated alkanes) is 6. The number of aryl methyl sites for hydroxylation is 1. The lowest BCUT2D eigenvalue weighted by Crippen LogP contribution is -2.57. The first-order valence-corrected chi connectivity index (χ1v) is 23.7. The smallest absolute Gasteiger partial charge is 0.246 e. The number of anilines is 2. The van der Waals surface area contributed by atoms with E-state index in [1.807, 2.05) is 56.9 Å². The second-order valence-corrected chi connectivity index (χ2v) is 19.3. The Labute approximate surface area is 381 Å². The summed E-state index contributed by atoms with van der Waals surface area (Å²) in [6.07, 6.45) is 6.45. The predicted molar refractivity (Wildman–Crippen MR) is 252 cm³/mol. The van der Waals surface area contributed by atoms with E-state index in [0.29, 0.717) is 62.5 Å². The molecule has 4 atom stereocenters. The van der Waals surface area contributed by atoms with E-state index in [0.717, 1.165) is 55.3 Å². The average Bonchev–Trinajstić information content (AvgIpc) is 3.89. The van der Waals surface area contributed by atoms with E-state index in [9.17, 15) is 29.4 Å². The second-order valence-electron chi connectivity index (χ2n) is 18.4. The number of aliphatic hydroxyl groups excluding tert-OH is 1. The highest BCUT2D eigenvalue weighted by Crippen LogP contribution is 2.33. The van der Waals surface area contributed by atoms with Crippen LogP contribution in [0.2, 0.25) is 0 Å². The molecule has 6 rings (SSSR count). The van der Waals surface area contributed by atoms with Crippen LogP contribution in [0.25, 0.3) is 21.7 Å². The number of aromatic nitrogens is 2. The highest BCUT2D eigenvalue weighted by atomic mass is 32.1. The number of hydrogen-bond acceptors (Lipinski definition) is 11. The van der Waals surface area contributed by atoms with Crippen molar-refractivity contribution in [3.05, 3.63) is 77.2 Å². The Hall–Kier alpha value is -5.54. The molecule has 0 aliphatic carbocycles. The van der Waals surface area contributed by atoms with Gasteiger partial charge in [0.15, 0.2) is 5.82 Å². The maximum Gasteiger partial charge on any atom is 0.246 e. The van der Waals surface area contributed by atoms with Crippen molar-refractivity contribution in [2.45, 2.75) is 123 Å². The first-order chi connectivity index (χ1) is 30.6. The van der Waals surface area contributed by atoms with Crippen molar-refractivity contribution >= 4 is 46.5 Å². The SMILES string of the molecule is Cc1ccsc1-c1ccc([C@H](C)NC(=O)[C@@H]2C[C@@H](O)CN2C(=O)[C@@H](NC(=O)CCCCCCCCCC(=O)N2CCN(c3cc(-c4ccccc4O)nnc3N)CC2)C(C)(C)C)cc1. The van der Waals surface area contributed by atoms with E-state index < -0.39 is 23.6 Å². The van der Waals surface area contributed by atoms with E-state index >= 15 is 0 Å². The number of nitrogens with two attached hydrogens (primary N) is 1. The van der Waals surface area contributed by atoms with Gasteiger partial charge < -0.3 is 41.3 Å².